The first-order valence-corrected chi connectivity index (χ1v) is 11.3. The minimum atomic E-state index is -3.00. The quantitative estimate of drug-likeness (QED) is 0.269. The highest BCUT2D eigenvalue weighted by molar-refractivity contribution is 14.0. The van der Waals surface area contributed by atoms with Gasteiger partial charge in [0.15, 0.2) is 15.8 Å². The van der Waals surface area contributed by atoms with Crippen LogP contribution in [0.1, 0.15) is 25.3 Å². The van der Waals surface area contributed by atoms with E-state index in [0.29, 0.717) is 42.1 Å². The zero-order valence-corrected chi connectivity index (χ0v) is 20.2. The number of hydrogen-bond acceptors (Lipinski definition) is 4. The molecule has 28 heavy (non-hydrogen) atoms. The van der Waals surface area contributed by atoms with Gasteiger partial charge in [-0.15, -0.1) is 24.0 Å². The Morgan fingerprint density at radius 3 is 2.64 bits per heavy atom. The van der Waals surface area contributed by atoms with Crippen LogP contribution in [0.25, 0.3) is 0 Å². The predicted octanol–water partition coefficient (Wildman–Crippen LogP) is 2.36. The van der Waals surface area contributed by atoms with Crippen molar-refractivity contribution in [1.29, 1.82) is 0 Å². The highest BCUT2D eigenvalue weighted by atomic mass is 127. The first-order valence-electron chi connectivity index (χ1n) is 8.75. The lowest BCUT2D eigenvalue weighted by Gasteiger charge is -2.13. The number of amides is 1. The molecule has 1 aliphatic heterocycles. The molecule has 2 rings (SSSR count). The second kappa shape index (κ2) is 12.0. The first kappa shape index (κ1) is 25.3. The number of nitrogens with zero attached hydrogens (tertiary/aromatic N) is 1. The molecular weight excluding hydrogens is 538 g/mol. The molecule has 3 N–H and O–H groups in total. The van der Waals surface area contributed by atoms with Crippen molar-refractivity contribution in [2.45, 2.75) is 32.4 Å². The Morgan fingerprint density at radius 2 is 2.04 bits per heavy atom. The molecule has 1 heterocycles. The predicted molar refractivity (Wildman–Crippen MR) is 125 cm³/mol. The van der Waals surface area contributed by atoms with Crippen LogP contribution < -0.4 is 16.0 Å². The van der Waals surface area contributed by atoms with Crippen LogP contribution in [-0.2, 0) is 21.2 Å². The third kappa shape index (κ3) is 8.71. The zero-order chi connectivity index (χ0) is 19.9. The van der Waals surface area contributed by atoms with E-state index in [9.17, 15) is 13.2 Å². The van der Waals surface area contributed by atoms with Gasteiger partial charge in [-0.05, 0) is 31.0 Å². The summed E-state index contributed by atoms with van der Waals surface area (Å²) in [6.07, 6.45) is 0.704. The molecule has 7 nitrogen and oxygen atoms in total. The number of benzene rings is 1. The Labute approximate surface area is 193 Å². The maximum absolute atomic E-state index is 12.0. The molecule has 1 amide bonds. The molecule has 0 radical (unpaired) electrons. The van der Waals surface area contributed by atoms with E-state index in [0.717, 1.165) is 5.56 Å². The molecule has 0 saturated carbocycles. The van der Waals surface area contributed by atoms with E-state index in [1.54, 1.807) is 12.1 Å². The van der Waals surface area contributed by atoms with Crippen molar-refractivity contribution in [3.05, 3.63) is 33.8 Å². The fraction of sp³-hybridized carbons (Fsp3) is 0.529. The number of hydrogen-bond donors (Lipinski definition) is 3. The SMILES string of the molecule is CCNC(=NCc1ccc(Cl)cc1Cl)NCCC(=O)NC1CCS(=O)(=O)C1.I. The molecule has 11 heteroatoms. The summed E-state index contributed by atoms with van der Waals surface area (Å²) in [6, 6.07) is 4.96. The second-order valence-corrected chi connectivity index (χ2v) is 9.35. The summed E-state index contributed by atoms with van der Waals surface area (Å²) in [4.78, 5) is 16.4. The van der Waals surface area contributed by atoms with Crippen molar-refractivity contribution in [2.24, 2.45) is 4.99 Å². The number of sulfone groups is 1. The monoisotopic (exact) mass is 562 g/mol. The van der Waals surface area contributed by atoms with E-state index in [-0.39, 0.29) is 53.9 Å². The van der Waals surface area contributed by atoms with E-state index >= 15 is 0 Å². The van der Waals surface area contributed by atoms with E-state index in [2.05, 4.69) is 20.9 Å². The van der Waals surface area contributed by atoms with E-state index < -0.39 is 9.84 Å². The minimum absolute atomic E-state index is 0. The highest BCUT2D eigenvalue weighted by Crippen LogP contribution is 2.21. The minimum Gasteiger partial charge on any atom is -0.357 e. The van der Waals surface area contributed by atoms with Gasteiger partial charge in [-0.3, -0.25) is 4.79 Å². The molecule has 1 fully saturated rings. The summed E-state index contributed by atoms with van der Waals surface area (Å²) in [5, 5.41) is 10.1. The molecular formula is C17H25Cl2IN4O3S. The highest BCUT2D eigenvalue weighted by Gasteiger charge is 2.28. The number of carbonyl (C=O) groups is 1. The summed E-state index contributed by atoms with van der Waals surface area (Å²) in [7, 11) is -3.00. The van der Waals surface area contributed by atoms with Crippen molar-refractivity contribution >= 4 is 68.9 Å². The molecule has 1 aromatic carbocycles. The lowest BCUT2D eigenvalue weighted by atomic mass is 10.2. The standard InChI is InChI=1S/C17H24Cl2N4O3S.HI/c1-2-20-17(22-10-12-3-4-13(18)9-15(12)19)21-7-5-16(24)23-14-6-8-27(25,26)11-14;/h3-4,9,14H,2,5-8,10-11H2,1H3,(H,23,24)(H2,20,21,22);1H. The Bertz CT molecular complexity index is 806. The Morgan fingerprint density at radius 1 is 1.29 bits per heavy atom. The second-order valence-electron chi connectivity index (χ2n) is 6.28. The van der Waals surface area contributed by atoms with Crippen LogP contribution >= 0.6 is 47.2 Å². The normalized spacial score (nSPS) is 18.2. The molecule has 0 aliphatic carbocycles. The molecule has 1 unspecified atom stereocenters. The topological polar surface area (TPSA) is 99.7 Å². The van der Waals surface area contributed by atoms with Gasteiger partial charge in [0.05, 0.1) is 18.1 Å². The van der Waals surface area contributed by atoms with Gasteiger partial charge in [0.2, 0.25) is 5.91 Å². The molecule has 1 saturated heterocycles. The fourth-order valence-electron chi connectivity index (χ4n) is 2.66. The van der Waals surface area contributed by atoms with Crippen LogP contribution in [-0.4, -0.2) is 50.9 Å². The Balaban J connectivity index is 0.00000392. The molecule has 0 spiro atoms. The van der Waals surface area contributed by atoms with E-state index in [1.165, 1.54) is 0 Å². The summed E-state index contributed by atoms with van der Waals surface area (Å²) in [5.74, 6) is 0.555. The van der Waals surface area contributed by atoms with Crippen molar-refractivity contribution in [3.8, 4) is 0 Å². The van der Waals surface area contributed by atoms with Crippen molar-refractivity contribution in [1.82, 2.24) is 16.0 Å². The third-order valence-electron chi connectivity index (χ3n) is 4.01. The molecule has 1 aromatic rings. The van der Waals surface area contributed by atoms with Crippen molar-refractivity contribution in [2.75, 3.05) is 24.6 Å². The fourth-order valence-corrected chi connectivity index (χ4v) is 4.80. The van der Waals surface area contributed by atoms with Gasteiger partial charge in [0, 0.05) is 35.6 Å². The van der Waals surface area contributed by atoms with Crippen molar-refractivity contribution < 1.29 is 13.2 Å². The van der Waals surface area contributed by atoms with Crippen LogP contribution in [0.15, 0.2) is 23.2 Å². The Kier molecular flexibility index (Phi) is 10.9. The van der Waals surface area contributed by atoms with Gasteiger partial charge in [-0.25, -0.2) is 13.4 Å². The lowest BCUT2D eigenvalue weighted by molar-refractivity contribution is -0.121. The summed E-state index contributed by atoms with van der Waals surface area (Å²) in [5.41, 5.74) is 0.846. The first-order chi connectivity index (χ1) is 12.8. The summed E-state index contributed by atoms with van der Waals surface area (Å²) in [6.45, 7) is 3.37. The lowest BCUT2D eigenvalue weighted by Crippen LogP contribution is -2.41. The van der Waals surface area contributed by atoms with Crippen LogP contribution in [0.4, 0.5) is 0 Å². The van der Waals surface area contributed by atoms with Gasteiger partial charge < -0.3 is 16.0 Å². The molecule has 0 aromatic heterocycles. The van der Waals surface area contributed by atoms with Gasteiger partial charge in [-0.2, -0.15) is 0 Å². The zero-order valence-electron chi connectivity index (χ0n) is 15.5. The largest absolute Gasteiger partial charge is 0.357 e. The van der Waals surface area contributed by atoms with E-state index in [1.807, 2.05) is 13.0 Å². The summed E-state index contributed by atoms with van der Waals surface area (Å²) >= 11 is 12.0. The smallest absolute Gasteiger partial charge is 0.222 e. The maximum Gasteiger partial charge on any atom is 0.222 e. The van der Waals surface area contributed by atoms with E-state index in [4.69, 9.17) is 23.2 Å². The van der Waals surface area contributed by atoms with Gasteiger partial charge in [0.1, 0.15) is 0 Å². The molecule has 0 bridgehead atoms. The van der Waals surface area contributed by atoms with Crippen molar-refractivity contribution in [3.63, 3.8) is 0 Å². The van der Waals surface area contributed by atoms with Crippen LogP contribution in [0, 0.1) is 0 Å². The van der Waals surface area contributed by atoms with Crippen LogP contribution in [0.2, 0.25) is 10.0 Å². The molecule has 1 atom stereocenters. The number of aliphatic imine (C=N–C) groups is 1. The van der Waals surface area contributed by atoms with Gasteiger partial charge in [0.25, 0.3) is 0 Å². The van der Waals surface area contributed by atoms with Crippen LogP contribution in [0.3, 0.4) is 0 Å². The number of rotatable bonds is 7. The van der Waals surface area contributed by atoms with Crippen LogP contribution in [0.5, 0.6) is 0 Å². The number of nitrogens with one attached hydrogen (secondary N) is 3. The average Bonchev–Trinajstić information content (AvgIpc) is 2.92. The van der Waals surface area contributed by atoms with Gasteiger partial charge in [-0.1, -0.05) is 29.3 Å². The Hall–Kier alpha value is -0.780. The number of halogens is 3. The molecule has 158 valence electrons. The third-order valence-corrected chi connectivity index (χ3v) is 6.36. The molecule has 1 aliphatic rings. The number of guanidine groups is 1. The maximum atomic E-state index is 12.0. The van der Waals surface area contributed by atoms with Gasteiger partial charge >= 0.3 is 0 Å². The average molecular weight is 563 g/mol. The number of carbonyl (C=O) groups excluding carboxylic acids is 1. The summed E-state index contributed by atoms with van der Waals surface area (Å²) < 4.78 is 22.8.